The quantitative estimate of drug-likeness (QED) is 0.0647. The number of nitrogens with one attached hydrogen (secondary N) is 2. The fourth-order valence-electron chi connectivity index (χ4n) is 9.31. The third-order valence-corrected chi connectivity index (χ3v) is 13.2. The number of allylic oxidation sites excluding steroid dienone is 1. The zero-order valence-electron chi connectivity index (χ0n) is 40.1. The molecule has 3 aliphatic rings. The van der Waals surface area contributed by atoms with E-state index in [1.165, 1.54) is 0 Å². The Morgan fingerprint density at radius 3 is 2.32 bits per heavy atom. The van der Waals surface area contributed by atoms with E-state index in [1.54, 1.807) is 53.6 Å². The first-order chi connectivity index (χ1) is 33.4. The summed E-state index contributed by atoms with van der Waals surface area (Å²) in [5.41, 5.74) is 22.9. The van der Waals surface area contributed by atoms with Crippen LogP contribution in [0, 0.1) is 17.2 Å². The zero-order chi connectivity index (χ0) is 48.9. The van der Waals surface area contributed by atoms with Gasteiger partial charge in [0.05, 0.1) is 23.4 Å². The van der Waals surface area contributed by atoms with E-state index in [1.807, 2.05) is 51.1 Å². The number of piperazine rings is 1. The average Bonchev–Trinajstić information content (AvgIpc) is 4.15. The van der Waals surface area contributed by atoms with Gasteiger partial charge in [0.2, 0.25) is 17.7 Å². The van der Waals surface area contributed by atoms with Gasteiger partial charge < -0.3 is 56.7 Å². The molecule has 18 heteroatoms. The van der Waals surface area contributed by atoms with Crippen molar-refractivity contribution in [3.8, 4) is 23.6 Å². The zero-order valence-corrected chi connectivity index (χ0v) is 40.1. The summed E-state index contributed by atoms with van der Waals surface area (Å²) in [7, 11) is 0. The number of aromatic nitrogens is 2. The van der Waals surface area contributed by atoms with E-state index in [-0.39, 0.29) is 41.4 Å². The predicted molar refractivity (Wildman–Crippen MR) is 262 cm³/mol. The highest BCUT2D eigenvalue weighted by molar-refractivity contribution is 5.91. The standard InChI is InChI=1S/C51H68N12O6/c1-34(2)48(51(66)63-19-7-10-42(63)50(65)58-35(3)38-14-12-36(31-52)13-15-38)45-30-47(59-69-45)68-27-25-61-22-20-60(21-23-61)24-26-67-46-28-37(16-18-57-46)32-62(33-39-8-6-17-56-39)43(49(54)55)29-41(53)40-9-4-5-11-44(40)64/h4-5,9,11-16,18,28-30,34-35,39,42,48,56,64H,6-8,10,17,19-27,32-33,53-55H2,1-3H3,(H,58,65)/b41-29-. The largest absolute Gasteiger partial charge is 0.507 e. The maximum atomic E-state index is 14.1. The molecule has 3 fully saturated rings. The van der Waals surface area contributed by atoms with Crippen molar-refractivity contribution in [2.75, 3.05) is 72.1 Å². The van der Waals surface area contributed by atoms with Crippen LogP contribution < -0.4 is 37.3 Å². The predicted octanol–water partition coefficient (Wildman–Crippen LogP) is 3.97. The molecule has 2 amide bonds. The molecule has 69 heavy (non-hydrogen) atoms. The monoisotopic (exact) mass is 945 g/mol. The maximum Gasteiger partial charge on any atom is 0.254 e. The molecular weight excluding hydrogens is 877 g/mol. The highest BCUT2D eigenvalue weighted by atomic mass is 16.5. The van der Waals surface area contributed by atoms with Crippen LogP contribution in [0.3, 0.4) is 0 Å². The fraction of sp³-hybridized carbons (Fsp3) is 0.471. The van der Waals surface area contributed by atoms with Crippen LogP contribution in [-0.4, -0.2) is 131 Å². The molecule has 368 valence electrons. The molecule has 5 heterocycles. The molecule has 2 aromatic heterocycles. The van der Waals surface area contributed by atoms with Gasteiger partial charge in [-0.1, -0.05) is 38.1 Å². The van der Waals surface area contributed by atoms with Gasteiger partial charge in [0.1, 0.15) is 36.7 Å². The summed E-state index contributed by atoms with van der Waals surface area (Å²) in [6.45, 7) is 14.2. The third-order valence-electron chi connectivity index (χ3n) is 13.2. The second-order valence-corrected chi connectivity index (χ2v) is 18.5. The van der Waals surface area contributed by atoms with Gasteiger partial charge in [-0.05, 0) is 97.8 Å². The highest BCUT2D eigenvalue weighted by Crippen LogP contribution is 2.33. The molecule has 0 spiro atoms. The van der Waals surface area contributed by atoms with Crippen LogP contribution in [0.2, 0.25) is 0 Å². The minimum Gasteiger partial charge on any atom is -0.507 e. The first-order valence-electron chi connectivity index (χ1n) is 24.1. The number of amides is 2. The number of carbonyl (C=O) groups is 2. The number of hydrogen-bond donors (Lipinski definition) is 6. The van der Waals surface area contributed by atoms with Crippen LogP contribution in [-0.2, 0) is 16.1 Å². The van der Waals surface area contributed by atoms with Crippen molar-refractivity contribution < 1.29 is 28.7 Å². The van der Waals surface area contributed by atoms with E-state index < -0.39 is 12.0 Å². The van der Waals surface area contributed by atoms with E-state index in [9.17, 15) is 14.7 Å². The van der Waals surface area contributed by atoms with Crippen molar-refractivity contribution in [3.05, 3.63) is 119 Å². The van der Waals surface area contributed by atoms with Gasteiger partial charge in [0.25, 0.3) is 5.88 Å². The molecule has 0 saturated carbocycles. The number of benzene rings is 2. The molecule has 4 unspecified atom stereocenters. The van der Waals surface area contributed by atoms with Crippen molar-refractivity contribution in [1.29, 1.82) is 5.26 Å². The molecule has 0 aliphatic carbocycles. The lowest BCUT2D eigenvalue weighted by Crippen LogP contribution is -2.48. The van der Waals surface area contributed by atoms with Gasteiger partial charge in [-0.25, -0.2) is 4.98 Å². The minimum atomic E-state index is -0.622. The smallest absolute Gasteiger partial charge is 0.254 e. The number of likely N-dealkylation sites (tertiary alicyclic amines) is 1. The first-order valence-corrected chi connectivity index (χ1v) is 24.1. The van der Waals surface area contributed by atoms with Crippen molar-refractivity contribution >= 4 is 17.5 Å². The summed E-state index contributed by atoms with van der Waals surface area (Å²) >= 11 is 0. The van der Waals surface area contributed by atoms with E-state index in [0.29, 0.717) is 85.9 Å². The second-order valence-electron chi connectivity index (χ2n) is 18.5. The summed E-state index contributed by atoms with van der Waals surface area (Å²) in [5.74, 6) is 0.388. The van der Waals surface area contributed by atoms with Crippen LogP contribution in [0.4, 0.5) is 0 Å². The van der Waals surface area contributed by atoms with E-state index in [0.717, 1.165) is 69.7 Å². The van der Waals surface area contributed by atoms with Crippen LogP contribution in [0.5, 0.6) is 17.5 Å². The van der Waals surface area contributed by atoms with Gasteiger partial charge >= 0.3 is 0 Å². The highest BCUT2D eigenvalue weighted by Gasteiger charge is 2.40. The molecule has 3 aliphatic heterocycles. The van der Waals surface area contributed by atoms with E-state index in [4.69, 9.17) is 36.5 Å². The third kappa shape index (κ3) is 13.5. The summed E-state index contributed by atoms with van der Waals surface area (Å²) in [5, 5.41) is 30.3. The van der Waals surface area contributed by atoms with Crippen molar-refractivity contribution in [1.82, 2.24) is 40.4 Å². The first kappa shape index (κ1) is 50.1. The molecule has 18 nitrogen and oxygen atoms in total. The summed E-state index contributed by atoms with van der Waals surface area (Å²) in [4.78, 5) is 40.6. The van der Waals surface area contributed by atoms with Crippen LogP contribution in [0.1, 0.15) is 86.4 Å². The normalized spacial score (nSPS) is 18.7. The van der Waals surface area contributed by atoms with E-state index in [2.05, 4.69) is 41.5 Å². The van der Waals surface area contributed by atoms with Crippen LogP contribution >= 0.6 is 0 Å². The van der Waals surface area contributed by atoms with E-state index >= 15 is 0 Å². The Morgan fingerprint density at radius 2 is 1.67 bits per heavy atom. The number of hydrogen-bond acceptors (Lipinski definition) is 16. The Balaban J connectivity index is 0.848. The molecule has 4 aromatic rings. The minimum absolute atomic E-state index is 0.0751. The number of pyridine rings is 1. The lowest BCUT2D eigenvalue weighted by Gasteiger charge is -2.34. The SMILES string of the molecule is CC(NC(=O)C1CCCN1C(=O)C(c1cc(OCCN2CCN(CCOc3cc(CN(CC4CCCN4)C(/C=C(\N)c4ccccc4O)=C(N)N)ccn3)CC2)no1)C(C)C)c1ccc(C#N)cc1. The van der Waals surface area contributed by atoms with Crippen molar-refractivity contribution in [3.63, 3.8) is 0 Å². The second kappa shape index (κ2) is 24.0. The molecule has 3 saturated heterocycles. The fourth-order valence-corrected chi connectivity index (χ4v) is 9.31. The topological polar surface area (TPSA) is 251 Å². The number of ether oxygens (including phenoxy) is 2. The Hall–Kier alpha value is -6.81. The number of carbonyl (C=O) groups excluding carboxylic acids is 2. The molecular formula is C51H68N12O6. The number of phenolic OH excluding ortho intramolecular Hbond substituents is 1. The number of nitrogens with two attached hydrogens (primary N) is 3. The molecule has 0 bridgehead atoms. The number of nitrogens with zero attached hydrogens (tertiary/aromatic N) is 7. The Morgan fingerprint density at radius 1 is 0.957 bits per heavy atom. The number of phenols is 1. The lowest BCUT2D eigenvalue weighted by molar-refractivity contribution is -0.141. The molecule has 4 atom stereocenters. The summed E-state index contributed by atoms with van der Waals surface area (Å²) in [6.07, 6.45) is 6.90. The van der Waals surface area contributed by atoms with Crippen LogP contribution in [0.15, 0.2) is 95.0 Å². The number of para-hydroxylation sites is 1. The Kier molecular flexibility index (Phi) is 17.4. The van der Waals surface area contributed by atoms with Crippen molar-refractivity contribution in [2.24, 2.45) is 23.1 Å². The average molecular weight is 945 g/mol. The molecule has 2 aromatic carbocycles. The summed E-state index contributed by atoms with van der Waals surface area (Å²) in [6, 6.07) is 21.1. The molecule has 7 rings (SSSR count). The summed E-state index contributed by atoms with van der Waals surface area (Å²) < 4.78 is 17.9. The van der Waals surface area contributed by atoms with Gasteiger partial charge in [0, 0.05) is 94.5 Å². The Labute approximate surface area is 405 Å². The maximum absolute atomic E-state index is 14.1. The molecule has 9 N–H and O–H groups in total. The lowest BCUT2D eigenvalue weighted by atomic mass is 9.91. The molecule has 0 radical (unpaired) electrons. The van der Waals surface area contributed by atoms with Crippen LogP contribution in [0.25, 0.3) is 5.70 Å². The number of rotatable bonds is 21. The van der Waals surface area contributed by atoms with Gasteiger partial charge in [-0.3, -0.25) is 19.4 Å². The number of nitriles is 1. The van der Waals surface area contributed by atoms with Gasteiger partial charge in [-0.15, -0.1) is 0 Å². The Bertz CT molecular complexity index is 2430. The van der Waals surface area contributed by atoms with Crippen molar-refractivity contribution in [2.45, 2.75) is 77.0 Å². The van der Waals surface area contributed by atoms with Gasteiger partial charge in [-0.2, -0.15) is 5.26 Å². The number of aromatic hydroxyl groups is 1. The van der Waals surface area contributed by atoms with Gasteiger partial charge in [0.15, 0.2) is 5.76 Å².